The quantitative estimate of drug-likeness (QED) is 0.144. The molecule has 0 saturated heterocycles. The Morgan fingerprint density at radius 2 is 0.908 bits per heavy atom. The maximum Gasteiger partial charge on any atom is 0.135 e. The minimum Gasteiger partial charge on any atom is -0.456 e. The number of benzene rings is 10. The molecule has 0 radical (unpaired) electrons. The molecule has 10 aromatic carbocycles. The van der Waals surface area contributed by atoms with Crippen LogP contribution in [0.3, 0.4) is 0 Å². The summed E-state index contributed by atoms with van der Waals surface area (Å²) in [5.41, 5.74) is 18.1. The molecule has 11 aromatic rings. The molecule has 65 heavy (non-hydrogen) atoms. The molecular weight excluding hydrogens is 787 g/mol. The van der Waals surface area contributed by atoms with Crippen molar-refractivity contribution in [2.45, 2.75) is 5.41 Å². The predicted octanol–water partition coefficient (Wildman–Crippen LogP) is 17.1. The fourth-order valence-corrected chi connectivity index (χ4v) is 10.3. The lowest BCUT2D eigenvalue weighted by Gasteiger charge is -2.35. The Morgan fingerprint density at radius 1 is 0.385 bits per heavy atom. The number of anilines is 3. The van der Waals surface area contributed by atoms with Crippen LogP contribution in [0.5, 0.6) is 0 Å². The lowest BCUT2D eigenvalue weighted by Crippen LogP contribution is -2.28. The molecule has 306 valence electrons. The number of furan rings is 1. The molecule has 1 heterocycles. The second-order valence-electron chi connectivity index (χ2n) is 16.9. The van der Waals surface area contributed by atoms with Gasteiger partial charge in [-0.2, -0.15) is 0 Å². The molecule has 12 rings (SSSR count). The highest BCUT2D eigenvalue weighted by Crippen LogP contribution is 2.57. The summed E-state index contributed by atoms with van der Waals surface area (Å²) in [6.45, 7) is 4.04. The summed E-state index contributed by atoms with van der Waals surface area (Å²) in [6, 6.07) is 88.3. The zero-order valence-corrected chi connectivity index (χ0v) is 35.7. The summed E-state index contributed by atoms with van der Waals surface area (Å²) >= 11 is 0. The molecule has 0 unspecified atom stereocenters. The van der Waals surface area contributed by atoms with Crippen LogP contribution in [0.4, 0.5) is 17.1 Å². The molecule has 1 aliphatic rings. The summed E-state index contributed by atoms with van der Waals surface area (Å²) in [6.07, 6.45) is 1.80. The molecule has 0 spiro atoms. The van der Waals surface area contributed by atoms with E-state index >= 15 is 0 Å². The monoisotopic (exact) mass is 829 g/mol. The molecule has 0 N–H and O–H groups in total. The van der Waals surface area contributed by atoms with Crippen molar-refractivity contribution in [3.05, 3.63) is 277 Å². The molecule has 0 aliphatic heterocycles. The maximum absolute atomic E-state index is 6.23. The predicted molar refractivity (Wildman–Crippen MR) is 272 cm³/mol. The second kappa shape index (κ2) is 15.7. The van der Waals surface area contributed by atoms with Gasteiger partial charge in [-0.1, -0.05) is 201 Å². The van der Waals surface area contributed by atoms with Gasteiger partial charge in [-0.15, -0.1) is 0 Å². The van der Waals surface area contributed by atoms with E-state index in [0.717, 1.165) is 67.2 Å². The molecule has 2 nitrogen and oxygen atoms in total. The largest absolute Gasteiger partial charge is 0.456 e. The van der Waals surface area contributed by atoms with E-state index in [4.69, 9.17) is 4.42 Å². The van der Waals surface area contributed by atoms with E-state index in [9.17, 15) is 0 Å². The van der Waals surface area contributed by atoms with Crippen molar-refractivity contribution in [3.63, 3.8) is 0 Å². The number of rotatable bonds is 9. The van der Waals surface area contributed by atoms with Crippen molar-refractivity contribution in [2.24, 2.45) is 0 Å². The summed E-state index contributed by atoms with van der Waals surface area (Å²) in [7, 11) is 0. The zero-order valence-electron chi connectivity index (χ0n) is 35.7. The summed E-state index contributed by atoms with van der Waals surface area (Å²) < 4.78 is 6.23. The normalized spacial score (nSPS) is 12.5. The van der Waals surface area contributed by atoms with E-state index in [0.29, 0.717) is 0 Å². The topological polar surface area (TPSA) is 16.4 Å². The van der Waals surface area contributed by atoms with Crippen molar-refractivity contribution in [1.29, 1.82) is 0 Å². The zero-order chi connectivity index (χ0) is 43.3. The van der Waals surface area contributed by atoms with Crippen molar-refractivity contribution < 1.29 is 4.42 Å². The van der Waals surface area contributed by atoms with Crippen LogP contribution >= 0.6 is 0 Å². The van der Waals surface area contributed by atoms with Crippen molar-refractivity contribution in [2.75, 3.05) is 4.90 Å². The van der Waals surface area contributed by atoms with Gasteiger partial charge in [-0.25, -0.2) is 0 Å². The van der Waals surface area contributed by atoms with E-state index in [2.05, 4.69) is 248 Å². The third kappa shape index (κ3) is 6.33. The SMILES string of the molecule is C=Cc1oc2ccc(-c3ccc(-c4ccc(N(c5ccc6c(c5)C(c5ccccc5)(c5ccccc5)c5ccccc5-6)c5ccc6ccccc6c5)cc4)cc3)cc2c1-c1ccccc1. The molecule has 0 fully saturated rings. The molecule has 0 atom stereocenters. The Bertz CT molecular complexity index is 3490. The van der Waals surface area contributed by atoms with Crippen LogP contribution in [-0.2, 0) is 5.41 Å². The highest BCUT2D eigenvalue weighted by atomic mass is 16.3. The first-order chi connectivity index (χ1) is 32.2. The molecular formula is C63H43NO. The van der Waals surface area contributed by atoms with Crippen LogP contribution < -0.4 is 4.90 Å². The first-order valence-electron chi connectivity index (χ1n) is 22.3. The van der Waals surface area contributed by atoms with Crippen LogP contribution in [0.15, 0.2) is 254 Å². The minimum atomic E-state index is -0.501. The standard InChI is InChI=1S/C63H43NO/c1-2-60-62(47-17-6-3-7-18-47)57-41-49(33-39-61(57)65-60)46-28-26-44(27-29-46)45-30-34-52(35-31-45)64(53-36-32-43-16-12-13-19-48(43)40-53)54-37-38-56-55-24-14-15-25-58(55)63(59(56)42-54,50-20-8-4-9-21-50)51-22-10-5-11-23-51/h2-42H,1H2. The Labute approximate surface area is 379 Å². The fourth-order valence-electron chi connectivity index (χ4n) is 10.3. The first-order valence-corrected chi connectivity index (χ1v) is 22.3. The summed E-state index contributed by atoms with van der Waals surface area (Å²) in [4.78, 5) is 2.41. The van der Waals surface area contributed by atoms with Gasteiger partial charge in [-0.3, -0.25) is 0 Å². The number of hydrogen-bond acceptors (Lipinski definition) is 2. The fraction of sp³-hybridized carbons (Fsp3) is 0.0159. The molecule has 0 saturated carbocycles. The van der Waals surface area contributed by atoms with Crippen LogP contribution in [0.25, 0.3) is 72.3 Å². The molecule has 0 bridgehead atoms. The van der Waals surface area contributed by atoms with E-state index in [1.54, 1.807) is 6.08 Å². The second-order valence-corrected chi connectivity index (χ2v) is 16.9. The first kappa shape index (κ1) is 38.2. The lowest BCUT2D eigenvalue weighted by molar-refractivity contribution is 0.605. The van der Waals surface area contributed by atoms with E-state index in [1.165, 1.54) is 44.2 Å². The maximum atomic E-state index is 6.23. The molecule has 1 aliphatic carbocycles. The van der Waals surface area contributed by atoms with Crippen LogP contribution in [-0.4, -0.2) is 0 Å². The van der Waals surface area contributed by atoms with Crippen molar-refractivity contribution >= 4 is 44.9 Å². The minimum absolute atomic E-state index is 0.501. The average molecular weight is 830 g/mol. The number of nitrogens with zero attached hydrogens (tertiary/aromatic N) is 1. The Morgan fingerprint density at radius 3 is 1.60 bits per heavy atom. The Kier molecular flexibility index (Phi) is 9.24. The van der Waals surface area contributed by atoms with Gasteiger partial charge in [0.2, 0.25) is 0 Å². The Hall–Kier alpha value is -8.46. The van der Waals surface area contributed by atoms with Crippen LogP contribution in [0.1, 0.15) is 28.0 Å². The van der Waals surface area contributed by atoms with E-state index < -0.39 is 5.41 Å². The highest BCUT2D eigenvalue weighted by molar-refractivity contribution is 6.00. The molecule has 2 heteroatoms. The van der Waals surface area contributed by atoms with Gasteiger partial charge in [-0.05, 0) is 127 Å². The Balaban J connectivity index is 0.950. The van der Waals surface area contributed by atoms with Gasteiger partial charge in [0.25, 0.3) is 0 Å². The van der Waals surface area contributed by atoms with Gasteiger partial charge in [0.1, 0.15) is 11.3 Å². The molecule has 1 aromatic heterocycles. The summed E-state index contributed by atoms with van der Waals surface area (Å²) in [5.74, 6) is 0.788. The van der Waals surface area contributed by atoms with Gasteiger partial charge < -0.3 is 9.32 Å². The van der Waals surface area contributed by atoms with E-state index in [-0.39, 0.29) is 0 Å². The van der Waals surface area contributed by atoms with Gasteiger partial charge in [0.15, 0.2) is 0 Å². The smallest absolute Gasteiger partial charge is 0.135 e. The molecule has 0 amide bonds. The van der Waals surface area contributed by atoms with Gasteiger partial charge in [0, 0.05) is 28.0 Å². The van der Waals surface area contributed by atoms with Crippen LogP contribution in [0.2, 0.25) is 0 Å². The third-order valence-corrected chi connectivity index (χ3v) is 13.3. The number of hydrogen-bond donors (Lipinski definition) is 0. The number of fused-ring (bicyclic) bond motifs is 5. The van der Waals surface area contributed by atoms with Gasteiger partial charge >= 0.3 is 0 Å². The van der Waals surface area contributed by atoms with E-state index in [1.807, 2.05) is 6.07 Å². The third-order valence-electron chi connectivity index (χ3n) is 13.3. The van der Waals surface area contributed by atoms with Crippen LogP contribution in [0, 0.1) is 0 Å². The van der Waals surface area contributed by atoms with Crippen molar-refractivity contribution in [3.8, 4) is 44.5 Å². The van der Waals surface area contributed by atoms with Gasteiger partial charge in [0.05, 0.1) is 5.41 Å². The highest BCUT2D eigenvalue weighted by Gasteiger charge is 2.46. The van der Waals surface area contributed by atoms with Crippen molar-refractivity contribution in [1.82, 2.24) is 0 Å². The summed E-state index contributed by atoms with van der Waals surface area (Å²) in [5, 5.41) is 3.50. The lowest BCUT2D eigenvalue weighted by atomic mass is 9.67. The average Bonchev–Trinajstić information content (AvgIpc) is 3.91.